The zero-order valence-electron chi connectivity index (χ0n) is 15.5. The van der Waals surface area contributed by atoms with Crippen LogP contribution >= 0.6 is 0 Å². The number of benzene rings is 1. The summed E-state index contributed by atoms with van der Waals surface area (Å²) in [6.07, 6.45) is 8.49. The van der Waals surface area contributed by atoms with Gasteiger partial charge in [0.15, 0.2) is 0 Å². The van der Waals surface area contributed by atoms with Gasteiger partial charge in [-0.2, -0.15) is 10.4 Å². The summed E-state index contributed by atoms with van der Waals surface area (Å²) in [5.74, 6) is -0.137. The van der Waals surface area contributed by atoms with E-state index in [1.54, 1.807) is 12.3 Å². The minimum atomic E-state index is -0.137. The van der Waals surface area contributed by atoms with Gasteiger partial charge in [0.1, 0.15) is 6.07 Å². The first-order valence-corrected chi connectivity index (χ1v) is 9.54. The molecule has 28 heavy (non-hydrogen) atoms. The van der Waals surface area contributed by atoms with Crippen LogP contribution in [0.5, 0.6) is 0 Å². The van der Waals surface area contributed by atoms with Crippen LogP contribution in [0, 0.1) is 11.3 Å². The molecule has 6 nitrogen and oxygen atoms in total. The molecule has 0 bridgehead atoms. The highest BCUT2D eigenvalue weighted by atomic mass is 16.1. The molecule has 0 unspecified atom stereocenters. The Morgan fingerprint density at radius 3 is 2.96 bits per heavy atom. The van der Waals surface area contributed by atoms with Crippen LogP contribution in [-0.2, 0) is 19.3 Å². The molecule has 6 heteroatoms. The number of hydrogen-bond donors (Lipinski definition) is 2. The maximum Gasteiger partial charge on any atom is 0.251 e. The van der Waals surface area contributed by atoms with Crippen LogP contribution in [0.25, 0.3) is 11.3 Å². The molecule has 1 aromatic carbocycles. The maximum absolute atomic E-state index is 12.5. The van der Waals surface area contributed by atoms with Gasteiger partial charge in [0, 0.05) is 29.6 Å². The smallest absolute Gasteiger partial charge is 0.251 e. The number of aryl methyl sites for hydroxylation is 2. The van der Waals surface area contributed by atoms with Crippen LogP contribution in [0.3, 0.4) is 0 Å². The lowest BCUT2D eigenvalue weighted by atomic mass is 9.93. The third-order valence-electron chi connectivity index (χ3n) is 5.07. The molecule has 0 spiro atoms. The third kappa shape index (κ3) is 3.79. The number of pyridine rings is 1. The molecule has 0 fully saturated rings. The van der Waals surface area contributed by atoms with Gasteiger partial charge in [-0.3, -0.25) is 14.9 Å². The fourth-order valence-corrected chi connectivity index (χ4v) is 3.58. The number of nitriles is 1. The molecule has 2 N–H and O–H groups in total. The fraction of sp³-hybridized carbons (Fsp3) is 0.273. The molecule has 3 aromatic rings. The molecule has 1 aliphatic rings. The van der Waals surface area contributed by atoms with E-state index in [4.69, 9.17) is 4.98 Å². The van der Waals surface area contributed by atoms with Gasteiger partial charge < -0.3 is 5.32 Å². The van der Waals surface area contributed by atoms with Crippen molar-refractivity contribution in [3.63, 3.8) is 0 Å². The quantitative estimate of drug-likeness (QED) is 0.720. The zero-order chi connectivity index (χ0) is 19.3. The van der Waals surface area contributed by atoms with Gasteiger partial charge in [-0.1, -0.05) is 12.1 Å². The number of nitrogens with zero attached hydrogens (tertiary/aromatic N) is 3. The number of H-pyrrole nitrogens is 1. The molecule has 0 saturated carbocycles. The first kappa shape index (κ1) is 17.9. The molecule has 4 rings (SSSR count). The summed E-state index contributed by atoms with van der Waals surface area (Å²) in [7, 11) is 0. The van der Waals surface area contributed by atoms with E-state index in [1.807, 2.05) is 30.5 Å². The van der Waals surface area contributed by atoms with E-state index < -0.39 is 0 Å². The van der Waals surface area contributed by atoms with Crippen LogP contribution < -0.4 is 5.32 Å². The Bertz CT molecular complexity index is 1030. The number of nitrogens with one attached hydrogen (secondary N) is 2. The number of aromatic amines is 1. The van der Waals surface area contributed by atoms with E-state index in [9.17, 15) is 10.1 Å². The summed E-state index contributed by atoms with van der Waals surface area (Å²) in [4.78, 5) is 17.3. The van der Waals surface area contributed by atoms with Gasteiger partial charge >= 0.3 is 0 Å². The first-order chi connectivity index (χ1) is 13.7. The monoisotopic (exact) mass is 371 g/mol. The number of amides is 1. The molecule has 2 aromatic heterocycles. The molecule has 0 radical (unpaired) electrons. The molecular formula is C22H21N5O. The van der Waals surface area contributed by atoms with Crippen molar-refractivity contribution in [2.45, 2.75) is 32.1 Å². The van der Waals surface area contributed by atoms with E-state index in [0.29, 0.717) is 29.8 Å². The van der Waals surface area contributed by atoms with E-state index in [1.165, 1.54) is 5.56 Å². The molecule has 0 aliphatic heterocycles. The van der Waals surface area contributed by atoms with Gasteiger partial charge in [-0.25, -0.2) is 0 Å². The zero-order valence-corrected chi connectivity index (χ0v) is 15.5. The summed E-state index contributed by atoms with van der Waals surface area (Å²) in [5.41, 5.74) is 5.90. The lowest BCUT2D eigenvalue weighted by molar-refractivity contribution is 0.0954. The number of fused-ring (bicyclic) bond motifs is 1. The van der Waals surface area contributed by atoms with E-state index >= 15 is 0 Å². The van der Waals surface area contributed by atoms with Crippen molar-refractivity contribution in [3.05, 3.63) is 70.7 Å². The Hall–Kier alpha value is -3.46. The van der Waals surface area contributed by atoms with Crippen LogP contribution in [0.2, 0.25) is 0 Å². The predicted octanol–water partition coefficient (Wildman–Crippen LogP) is 3.19. The number of carbonyl (C=O) groups is 1. The van der Waals surface area contributed by atoms with Gasteiger partial charge in [-0.05, 0) is 61.4 Å². The number of aromatic nitrogens is 3. The summed E-state index contributed by atoms with van der Waals surface area (Å²) in [5, 5.41) is 19.2. The summed E-state index contributed by atoms with van der Waals surface area (Å²) in [6.45, 7) is 0.531. The summed E-state index contributed by atoms with van der Waals surface area (Å²) in [6, 6.07) is 11.6. The van der Waals surface area contributed by atoms with Gasteiger partial charge in [-0.15, -0.1) is 0 Å². The van der Waals surface area contributed by atoms with Gasteiger partial charge in [0.2, 0.25) is 0 Å². The second-order valence-corrected chi connectivity index (χ2v) is 7.00. The topological polar surface area (TPSA) is 94.5 Å². The first-order valence-electron chi connectivity index (χ1n) is 9.54. The van der Waals surface area contributed by atoms with Crippen molar-refractivity contribution in [1.29, 1.82) is 5.26 Å². The number of hydrogen-bond acceptors (Lipinski definition) is 4. The SMILES string of the molecule is N#Cc1cc2c(nc1-c1cccc(C(=O)NCCc3cn[nH]c3)c1)CCCC2. The Morgan fingerprint density at radius 1 is 1.25 bits per heavy atom. The molecule has 1 aliphatic carbocycles. The van der Waals surface area contributed by atoms with Crippen LogP contribution in [0.4, 0.5) is 0 Å². The minimum Gasteiger partial charge on any atom is -0.352 e. The standard InChI is InChI=1S/C22H21N5O/c23-12-19-10-16-4-1-2-7-20(16)27-21(19)17-5-3-6-18(11-17)22(28)24-9-8-15-13-25-26-14-15/h3,5-6,10-11,13-14H,1-2,4,7-9H2,(H,24,28)(H,25,26). The molecule has 0 atom stereocenters. The Balaban J connectivity index is 1.55. The highest BCUT2D eigenvalue weighted by Gasteiger charge is 2.17. The van der Waals surface area contributed by atoms with Crippen molar-refractivity contribution in [2.24, 2.45) is 0 Å². The third-order valence-corrected chi connectivity index (χ3v) is 5.07. The van der Waals surface area contributed by atoms with Crippen molar-refractivity contribution >= 4 is 5.91 Å². The second-order valence-electron chi connectivity index (χ2n) is 7.00. The lowest BCUT2D eigenvalue weighted by Crippen LogP contribution is -2.25. The average Bonchev–Trinajstić information content (AvgIpc) is 3.26. The van der Waals surface area contributed by atoms with Crippen molar-refractivity contribution in [3.8, 4) is 17.3 Å². The van der Waals surface area contributed by atoms with E-state index in [-0.39, 0.29) is 5.91 Å². The fourth-order valence-electron chi connectivity index (χ4n) is 3.58. The highest BCUT2D eigenvalue weighted by molar-refractivity contribution is 5.95. The predicted molar refractivity (Wildman–Crippen MR) is 106 cm³/mol. The molecule has 2 heterocycles. The van der Waals surface area contributed by atoms with Gasteiger partial charge in [0.05, 0.1) is 17.5 Å². The number of rotatable bonds is 5. The van der Waals surface area contributed by atoms with E-state index in [0.717, 1.165) is 42.5 Å². The average molecular weight is 371 g/mol. The van der Waals surface area contributed by atoms with Crippen LogP contribution in [0.1, 0.15) is 45.6 Å². The molecule has 140 valence electrons. The minimum absolute atomic E-state index is 0.137. The molecule has 1 amide bonds. The van der Waals surface area contributed by atoms with Crippen molar-refractivity contribution in [2.75, 3.05) is 6.54 Å². The maximum atomic E-state index is 12.5. The highest BCUT2D eigenvalue weighted by Crippen LogP contribution is 2.28. The Kier molecular flexibility index (Phi) is 5.16. The Morgan fingerprint density at radius 2 is 2.14 bits per heavy atom. The second kappa shape index (κ2) is 8.05. The lowest BCUT2D eigenvalue weighted by Gasteiger charge is -2.17. The molecule has 0 saturated heterocycles. The summed E-state index contributed by atoms with van der Waals surface area (Å²) >= 11 is 0. The normalized spacial score (nSPS) is 12.8. The van der Waals surface area contributed by atoms with E-state index in [2.05, 4.69) is 21.6 Å². The Labute approximate surface area is 163 Å². The van der Waals surface area contributed by atoms with Gasteiger partial charge in [0.25, 0.3) is 5.91 Å². The summed E-state index contributed by atoms with van der Waals surface area (Å²) < 4.78 is 0. The largest absolute Gasteiger partial charge is 0.352 e. The number of carbonyl (C=O) groups excluding carboxylic acids is 1. The molecular weight excluding hydrogens is 350 g/mol. The van der Waals surface area contributed by atoms with Crippen molar-refractivity contribution < 1.29 is 4.79 Å². The van der Waals surface area contributed by atoms with Crippen LogP contribution in [-0.4, -0.2) is 27.6 Å². The van der Waals surface area contributed by atoms with Crippen LogP contribution in [0.15, 0.2) is 42.7 Å². The van der Waals surface area contributed by atoms with Crippen molar-refractivity contribution in [1.82, 2.24) is 20.5 Å².